The van der Waals surface area contributed by atoms with Gasteiger partial charge in [-0.2, -0.15) is 18.4 Å². The number of halogens is 3. The van der Waals surface area contributed by atoms with Crippen molar-refractivity contribution in [2.24, 2.45) is 0 Å². The molecule has 1 aromatic carbocycles. The van der Waals surface area contributed by atoms with Crippen LogP contribution in [0.3, 0.4) is 0 Å². The summed E-state index contributed by atoms with van der Waals surface area (Å²) < 4.78 is 45.9. The average molecular weight is 584 g/mol. The van der Waals surface area contributed by atoms with Gasteiger partial charge >= 0.3 is 18.3 Å². The van der Waals surface area contributed by atoms with Crippen LogP contribution in [0, 0.1) is 11.3 Å². The number of rotatable bonds is 6. The number of carbonyl (C=O) groups excluding carboxylic acids is 3. The van der Waals surface area contributed by atoms with Crippen molar-refractivity contribution in [2.75, 3.05) is 26.7 Å². The fraction of sp³-hybridized carbons (Fsp3) is 0.400. The van der Waals surface area contributed by atoms with Crippen LogP contribution in [0.1, 0.15) is 50.8 Å². The standard InChI is InChI=1S/C30H32F3N5O4/c1-29(2,3)42-28(41)36(4)14-5-6-15-37-18-23-24(26(37)39)25(20-12-10-19(17-34)11-13-20)35-27(40)38(23)22-9-7-8-21(16-22)30(31,32)33/h5-6,9-13,16,25H,7-8,14-15,18H2,1-4H3,(H,35,40)/b6-5+/t25-/m1/s1. The minimum Gasteiger partial charge on any atom is -0.444 e. The second-order valence-corrected chi connectivity index (χ2v) is 11.2. The molecule has 0 saturated carbocycles. The normalized spacial score (nSPS) is 19.3. The zero-order chi connectivity index (χ0) is 30.8. The molecule has 9 nitrogen and oxygen atoms in total. The molecule has 222 valence electrons. The van der Waals surface area contributed by atoms with E-state index in [1.54, 1.807) is 70.3 Å². The van der Waals surface area contributed by atoms with Gasteiger partial charge in [-0.05, 0) is 57.4 Å². The second kappa shape index (κ2) is 11.8. The van der Waals surface area contributed by atoms with E-state index in [0.717, 1.165) is 11.0 Å². The van der Waals surface area contributed by atoms with Crippen molar-refractivity contribution in [1.29, 1.82) is 5.26 Å². The van der Waals surface area contributed by atoms with E-state index < -0.39 is 35.5 Å². The van der Waals surface area contributed by atoms with Crippen molar-refractivity contribution < 1.29 is 32.3 Å². The lowest BCUT2D eigenvalue weighted by molar-refractivity contribution is -0.125. The summed E-state index contributed by atoms with van der Waals surface area (Å²) in [4.78, 5) is 43.3. The third-order valence-electron chi connectivity index (χ3n) is 6.86. The number of nitriles is 1. The number of nitrogens with zero attached hydrogens (tertiary/aromatic N) is 4. The lowest BCUT2D eigenvalue weighted by atomic mass is 9.94. The van der Waals surface area contributed by atoms with Gasteiger partial charge in [0.2, 0.25) is 0 Å². The zero-order valence-corrected chi connectivity index (χ0v) is 23.8. The Morgan fingerprint density at radius 2 is 1.88 bits per heavy atom. The molecular formula is C30H32F3N5O4. The minimum atomic E-state index is -4.54. The Morgan fingerprint density at radius 1 is 1.19 bits per heavy atom. The number of benzene rings is 1. The van der Waals surface area contributed by atoms with E-state index in [-0.39, 0.29) is 49.7 Å². The smallest absolute Gasteiger partial charge is 0.412 e. The summed E-state index contributed by atoms with van der Waals surface area (Å²) >= 11 is 0. The van der Waals surface area contributed by atoms with Gasteiger partial charge in [-0.25, -0.2) is 9.59 Å². The van der Waals surface area contributed by atoms with Gasteiger partial charge < -0.3 is 19.9 Å². The first kappa shape index (κ1) is 30.4. The van der Waals surface area contributed by atoms with Crippen LogP contribution >= 0.6 is 0 Å². The van der Waals surface area contributed by atoms with Crippen LogP contribution in [0.15, 0.2) is 71.1 Å². The molecule has 1 aromatic rings. The van der Waals surface area contributed by atoms with Crippen LogP contribution in [0.4, 0.5) is 22.8 Å². The number of carbonyl (C=O) groups is 3. The number of likely N-dealkylation sites (N-methyl/N-ethyl adjacent to an activating group) is 1. The van der Waals surface area contributed by atoms with Gasteiger partial charge in [0, 0.05) is 31.4 Å². The van der Waals surface area contributed by atoms with Crippen molar-refractivity contribution in [3.05, 3.63) is 82.2 Å². The molecule has 0 spiro atoms. The maximum Gasteiger partial charge on any atom is 0.412 e. The van der Waals surface area contributed by atoms with Gasteiger partial charge in [-0.15, -0.1) is 0 Å². The molecule has 1 atom stereocenters. The quantitative estimate of drug-likeness (QED) is 0.457. The van der Waals surface area contributed by atoms with E-state index in [4.69, 9.17) is 10.00 Å². The summed E-state index contributed by atoms with van der Waals surface area (Å²) in [6.45, 7) is 5.65. The highest BCUT2D eigenvalue weighted by Gasteiger charge is 2.45. The molecule has 0 unspecified atom stereocenters. The van der Waals surface area contributed by atoms with Crippen LogP contribution < -0.4 is 5.32 Å². The molecule has 0 saturated heterocycles. The topological polar surface area (TPSA) is 106 Å². The van der Waals surface area contributed by atoms with Gasteiger partial charge in [-0.3, -0.25) is 9.69 Å². The monoisotopic (exact) mass is 583 g/mol. The molecule has 4 amide bonds. The number of amides is 4. The molecule has 3 aliphatic rings. The van der Waals surface area contributed by atoms with E-state index in [0.29, 0.717) is 16.8 Å². The van der Waals surface area contributed by atoms with Crippen molar-refractivity contribution in [3.8, 4) is 6.07 Å². The average Bonchev–Trinajstić information content (AvgIpc) is 3.24. The molecule has 2 heterocycles. The fourth-order valence-corrected chi connectivity index (χ4v) is 4.83. The number of hydrogen-bond donors (Lipinski definition) is 1. The van der Waals surface area contributed by atoms with E-state index >= 15 is 0 Å². The summed E-state index contributed by atoms with van der Waals surface area (Å²) in [6.07, 6.45) is 0.774. The van der Waals surface area contributed by atoms with Crippen LogP contribution in [-0.4, -0.2) is 71.2 Å². The van der Waals surface area contributed by atoms with Crippen LogP contribution in [0.5, 0.6) is 0 Å². The maximum absolute atomic E-state index is 13.7. The fourth-order valence-electron chi connectivity index (χ4n) is 4.83. The number of allylic oxidation sites excluding steroid dienone is 3. The van der Waals surface area contributed by atoms with Crippen LogP contribution in [-0.2, 0) is 9.53 Å². The predicted molar refractivity (Wildman–Crippen MR) is 147 cm³/mol. The Hall–Kier alpha value is -4.53. The highest BCUT2D eigenvalue weighted by Crippen LogP contribution is 2.40. The molecule has 0 bridgehead atoms. The molecule has 2 aliphatic heterocycles. The van der Waals surface area contributed by atoms with Crippen molar-refractivity contribution >= 4 is 18.0 Å². The largest absolute Gasteiger partial charge is 0.444 e. The Kier molecular flexibility index (Phi) is 8.52. The van der Waals surface area contributed by atoms with Crippen molar-refractivity contribution in [1.82, 2.24) is 20.0 Å². The maximum atomic E-state index is 13.7. The van der Waals surface area contributed by atoms with Gasteiger partial charge in [0.1, 0.15) is 5.60 Å². The third kappa shape index (κ3) is 6.67. The van der Waals surface area contributed by atoms with E-state index in [1.807, 2.05) is 6.07 Å². The SMILES string of the molecule is CN(C/C=C/CN1CC2=C(C1=O)[C@@H](c1ccc(C#N)cc1)NC(=O)N2C1=CCCC(C(F)(F)F)=C1)C(=O)OC(C)(C)C. The van der Waals surface area contributed by atoms with Gasteiger partial charge in [0.05, 0.1) is 35.5 Å². The minimum absolute atomic E-state index is 0.00680. The van der Waals surface area contributed by atoms with Crippen LogP contribution in [0.2, 0.25) is 0 Å². The number of hydrogen-bond acceptors (Lipinski definition) is 5. The van der Waals surface area contributed by atoms with Crippen molar-refractivity contribution in [2.45, 2.75) is 51.4 Å². The molecular weight excluding hydrogens is 551 g/mol. The summed E-state index contributed by atoms with van der Waals surface area (Å²) in [5, 5.41) is 11.9. The Bertz CT molecular complexity index is 1430. The van der Waals surface area contributed by atoms with Gasteiger partial charge in [-0.1, -0.05) is 30.4 Å². The van der Waals surface area contributed by atoms with Crippen molar-refractivity contribution in [3.63, 3.8) is 0 Å². The summed E-state index contributed by atoms with van der Waals surface area (Å²) in [5.41, 5.74) is 0.158. The van der Waals surface area contributed by atoms with E-state index in [2.05, 4.69) is 5.32 Å². The summed E-state index contributed by atoms with van der Waals surface area (Å²) in [6, 6.07) is 6.91. The van der Waals surface area contributed by atoms with Gasteiger partial charge in [0.15, 0.2) is 0 Å². The Labute approximate surface area is 242 Å². The van der Waals surface area contributed by atoms with Gasteiger partial charge in [0.25, 0.3) is 5.91 Å². The second-order valence-electron chi connectivity index (χ2n) is 11.2. The molecule has 1 N–H and O–H groups in total. The highest BCUT2D eigenvalue weighted by molar-refractivity contribution is 6.02. The Balaban J connectivity index is 1.60. The lowest BCUT2D eigenvalue weighted by Crippen LogP contribution is -2.46. The Morgan fingerprint density at radius 3 is 2.50 bits per heavy atom. The first-order chi connectivity index (χ1) is 19.7. The number of nitrogens with one attached hydrogen (secondary N) is 1. The third-order valence-corrected chi connectivity index (χ3v) is 6.86. The number of urea groups is 1. The molecule has 42 heavy (non-hydrogen) atoms. The summed E-state index contributed by atoms with van der Waals surface area (Å²) in [7, 11) is 1.58. The molecule has 12 heteroatoms. The highest BCUT2D eigenvalue weighted by atomic mass is 19.4. The van der Waals surface area contributed by atoms with Crippen LogP contribution in [0.25, 0.3) is 0 Å². The molecule has 1 aliphatic carbocycles. The molecule has 0 fully saturated rings. The first-order valence-electron chi connectivity index (χ1n) is 13.4. The lowest BCUT2D eigenvalue weighted by Gasteiger charge is -2.35. The number of ether oxygens (including phenoxy) is 1. The zero-order valence-electron chi connectivity index (χ0n) is 23.8. The number of alkyl halides is 3. The predicted octanol–water partition coefficient (Wildman–Crippen LogP) is 5.31. The van der Waals surface area contributed by atoms with E-state index in [9.17, 15) is 27.6 Å². The molecule has 4 rings (SSSR count). The first-order valence-corrected chi connectivity index (χ1v) is 13.4. The molecule has 0 radical (unpaired) electrons. The summed E-state index contributed by atoms with van der Waals surface area (Å²) in [5.74, 6) is -0.383. The van der Waals surface area contributed by atoms with E-state index in [1.165, 1.54) is 9.80 Å². The molecule has 0 aromatic heterocycles.